The fourth-order valence-corrected chi connectivity index (χ4v) is 2.69. The zero-order chi connectivity index (χ0) is 11.0. The minimum Gasteiger partial charge on any atom is -0.497 e. The molecule has 80 valence electrons. The van der Waals surface area contributed by atoms with Gasteiger partial charge in [-0.2, -0.15) is 0 Å². The van der Waals surface area contributed by atoms with Crippen LogP contribution in [0.5, 0.6) is 5.75 Å². The monoisotopic (exact) mass is 268 g/mol. The standard InChI is InChI=1S/C12H13BrO2/c1-7-10-5-8(15-2)6-11(13)9(10)3-4-12(7)14/h5-7H,3-4H2,1-2H3. The quantitative estimate of drug-likeness (QED) is 0.783. The topological polar surface area (TPSA) is 26.3 Å². The van der Waals surface area contributed by atoms with E-state index in [-0.39, 0.29) is 5.92 Å². The van der Waals surface area contributed by atoms with Gasteiger partial charge in [-0.1, -0.05) is 22.9 Å². The Morgan fingerprint density at radius 1 is 1.40 bits per heavy atom. The Morgan fingerprint density at radius 3 is 2.80 bits per heavy atom. The van der Waals surface area contributed by atoms with Gasteiger partial charge < -0.3 is 4.74 Å². The fourth-order valence-electron chi connectivity index (χ4n) is 2.04. The van der Waals surface area contributed by atoms with Crippen LogP contribution in [0.2, 0.25) is 0 Å². The highest BCUT2D eigenvalue weighted by molar-refractivity contribution is 9.10. The fraction of sp³-hybridized carbons (Fsp3) is 0.417. The number of carbonyl (C=O) groups is 1. The van der Waals surface area contributed by atoms with E-state index >= 15 is 0 Å². The second kappa shape index (κ2) is 3.97. The van der Waals surface area contributed by atoms with E-state index in [0.29, 0.717) is 12.2 Å². The van der Waals surface area contributed by atoms with Crippen molar-refractivity contribution in [3.05, 3.63) is 27.7 Å². The molecule has 0 radical (unpaired) electrons. The highest BCUT2D eigenvalue weighted by Gasteiger charge is 2.25. The number of hydrogen-bond acceptors (Lipinski definition) is 2. The first-order chi connectivity index (χ1) is 7.13. The minimum atomic E-state index is 0.000139. The Hall–Kier alpha value is -0.830. The molecule has 1 unspecified atom stereocenters. The lowest BCUT2D eigenvalue weighted by Crippen LogP contribution is -2.18. The second-order valence-corrected chi connectivity index (χ2v) is 4.72. The predicted molar refractivity (Wildman–Crippen MR) is 62.4 cm³/mol. The number of ketones is 1. The molecule has 1 atom stereocenters. The summed E-state index contributed by atoms with van der Waals surface area (Å²) in [5, 5.41) is 0. The Bertz CT molecular complexity index is 412. The van der Waals surface area contributed by atoms with Gasteiger partial charge >= 0.3 is 0 Å². The molecule has 0 heterocycles. The molecule has 0 amide bonds. The first-order valence-corrected chi connectivity index (χ1v) is 5.81. The summed E-state index contributed by atoms with van der Waals surface area (Å²) in [6.07, 6.45) is 1.49. The maximum atomic E-state index is 11.6. The van der Waals surface area contributed by atoms with E-state index < -0.39 is 0 Å². The van der Waals surface area contributed by atoms with Gasteiger partial charge in [0.05, 0.1) is 7.11 Å². The second-order valence-electron chi connectivity index (χ2n) is 3.87. The van der Waals surface area contributed by atoms with Crippen molar-refractivity contribution in [3.8, 4) is 5.75 Å². The maximum absolute atomic E-state index is 11.6. The summed E-state index contributed by atoms with van der Waals surface area (Å²) >= 11 is 3.53. The molecule has 0 N–H and O–H groups in total. The Kier molecular flexibility index (Phi) is 2.83. The average molecular weight is 269 g/mol. The summed E-state index contributed by atoms with van der Waals surface area (Å²) in [6, 6.07) is 3.93. The van der Waals surface area contributed by atoms with Crippen molar-refractivity contribution in [1.29, 1.82) is 0 Å². The normalized spacial score (nSPS) is 19.9. The zero-order valence-electron chi connectivity index (χ0n) is 8.84. The molecule has 0 saturated heterocycles. The number of carbonyl (C=O) groups excluding carboxylic acids is 1. The van der Waals surface area contributed by atoms with Crippen LogP contribution in [0.3, 0.4) is 0 Å². The van der Waals surface area contributed by atoms with Gasteiger partial charge in [0.15, 0.2) is 0 Å². The summed E-state index contributed by atoms with van der Waals surface area (Å²) in [5.41, 5.74) is 2.36. The molecule has 2 nitrogen and oxygen atoms in total. The Morgan fingerprint density at radius 2 is 2.13 bits per heavy atom. The van der Waals surface area contributed by atoms with Crippen molar-refractivity contribution in [2.45, 2.75) is 25.7 Å². The van der Waals surface area contributed by atoms with E-state index in [4.69, 9.17) is 4.74 Å². The van der Waals surface area contributed by atoms with E-state index in [1.807, 2.05) is 19.1 Å². The lowest BCUT2D eigenvalue weighted by atomic mass is 9.83. The molecule has 0 saturated carbocycles. The first kappa shape index (κ1) is 10.7. The number of hydrogen-bond donors (Lipinski definition) is 0. The number of ether oxygens (including phenoxy) is 1. The van der Waals surface area contributed by atoms with E-state index in [9.17, 15) is 4.79 Å². The van der Waals surface area contributed by atoms with Crippen LogP contribution >= 0.6 is 15.9 Å². The van der Waals surface area contributed by atoms with Gasteiger partial charge in [0.25, 0.3) is 0 Å². The van der Waals surface area contributed by atoms with Crippen molar-refractivity contribution in [3.63, 3.8) is 0 Å². The first-order valence-electron chi connectivity index (χ1n) is 5.02. The summed E-state index contributed by atoms with van der Waals surface area (Å²) in [6.45, 7) is 1.96. The Labute approximate surface area is 97.8 Å². The van der Waals surface area contributed by atoms with Crippen LogP contribution in [-0.4, -0.2) is 12.9 Å². The van der Waals surface area contributed by atoms with Gasteiger partial charge in [0.1, 0.15) is 11.5 Å². The number of fused-ring (bicyclic) bond motifs is 1. The molecule has 1 aliphatic carbocycles. The van der Waals surface area contributed by atoms with Crippen molar-refractivity contribution < 1.29 is 9.53 Å². The molecule has 1 aromatic carbocycles. The van der Waals surface area contributed by atoms with E-state index in [1.54, 1.807) is 7.11 Å². The number of Topliss-reactive ketones (excluding diaryl/α,β-unsaturated/α-hetero) is 1. The van der Waals surface area contributed by atoms with Crippen molar-refractivity contribution in [1.82, 2.24) is 0 Å². The highest BCUT2D eigenvalue weighted by atomic mass is 79.9. The largest absolute Gasteiger partial charge is 0.497 e. The van der Waals surface area contributed by atoms with Crippen LogP contribution in [0, 0.1) is 0 Å². The van der Waals surface area contributed by atoms with Crippen LogP contribution in [0.25, 0.3) is 0 Å². The summed E-state index contributed by atoms with van der Waals surface area (Å²) < 4.78 is 6.26. The summed E-state index contributed by atoms with van der Waals surface area (Å²) in [7, 11) is 1.64. The molecule has 0 spiro atoms. The molecule has 3 heteroatoms. The van der Waals surface area contributed by atoms with E-state index in [1.165, 1.54) is 5.56 Å². The van der Waals surface area contributed by atoms with Crippen LogP contribution in [-0.2, 0) is 11.2 Å². The lowest BCUT2D eigenvalue weighted by Gasteiger charge is -2.23. The molecule has 0 fully saturated rings. The van der Waals surface area contributed by atoms with Gasteiger partial charge in [-0.15, -0.1) is 0 Å². The Balaban J connectivity index is 2.55. The van der Waals surface area contributed by atoms with Crippen molar-refractivity contribution in [2.75, 3.05) is 7.11 Å². The molecule has 0 aliphatic heterocycles. The van der Waals surface area contributed by atoms with Crippen LogP contribution in [0.4, 0.5) is 0 Å². The van der Waals surface area contributed by atoms with Gasteiger partial charge in [-0.25, -0.2) is 0 Å². The molecule has 0 aromatic heterocycles. The third-order valence-corrected chi connectivity index (χ3v) is 3.72. The third kappa shape index (κ3) is 1.81. The highest BCUT2D eigenvalue weighted by Crippen LogP contribution is 2.36. The zero-order valence-corrected chi connectivity index (χ0v) is 10.4. The number of halogens is 1. The SMILES string of the molecule is COc1cc(Br)c2c(c1)C(C)C(=O)CC2. The smallest absolute Gasteiger partial charge is 0.140 e. The molecule has 0 bridgehead atoms. The maximum Gasteiger partial charge on any atom is 0.140 e. The number of benzene rings is 1. The van der Waals surface area contributed by atoms with E-state index in [2.05, 4.69) is 15.9 Å². The number of methoxy groups -OCH3 is 1. The predicted octanol–water partition coefficient (Wildman–Crippen LogP) is 3.08. The van der Waals surface area contributed by atoms with Crippen molar-refractivity contribution in [2.24, 2.45) is 0 Å². The van der Waals surface area contributed by atoms with E-state index in [0.717, 1.165) is 22.2 Å². The molecule has 1 aromatic rings. The summed E-state index contributed by atoms with van der Waals surface area (Å²) in [5.74, 6) is 1.13. The third-order valence-electron chi connectivity index (χ3n) is 3.01. The van der Waals surface area contributed by atoms with Gasteiger partial charge in [-0.3, -0.25) is 4.79 Å². The molecule has 2 rings (SSSR count). The molecular formula is C12H13BrO2. The van der Waals surface area contributed by atoms with Gasteiger partial charge in [-0.05, 0) is 29.7 Å². The minimum absolute atomic E-state index is 0.000139. The lowest BCUT2D eigenvalue weighted by molar-refractivity contribution is -0.120. The van der Waals surface area contributed by atoms with Crippen LogP contribution < -0.4 is 4.74 Å². The van der Waals surface area contributed by atoms with Gasteiger partial charge in [0.2, 0.25) is 0 Å². The number of rotatable bonds is 1. The summed E-state index contributed by atoms with van der Waals surface area (Å²) in [4.78, 5) is 11.6. The average Bonchev–Trinajstić information content (AvgIpc) is 2.23. The molecular weight excluding hydrogens is 256 g/mol. The van der Waals surface area contributed by atoms with Crippen LogP contribution in [0.1, 0.15) is 30.4 Å². The molecule has 15 heavy (non-hydrogen) atoms. The van der Waals surface area contributed by atoms with Crippen LogP contribution in [0.15, 0.2) is 16.6 Å². The van der Waals surface area contributed by atoms with Gasteiger partial charge in [0, 0.05) is 16.8 Å². The molecule has 1 aliphatic rings. The van der Waals surface area contributed by atoms with Crippen molar-refractivity contribution >= 4 is 21.7 Å².